The molecular weight excluding hydrogens is 440 g/mol. The average Bonchev–Trinajstić information content (AvgIpc) is 2.81. The summed E-state index contributed by atoms with van der Waals surface area (Å²) < 4.78 is 7.02. The van der Waals surface area contributed by atoms with Gasteiger partial charge in [0.15, 0.2) is 0 Å². The minimum Gasteiger partial charge on any atom is -0.491 e. The van der Waals surface area contributed by atoms with E-state index >= 15 is 0 Å². The Kier molecular flexibility index (Phi) is 6.99. The quantitative estimate of drug-likeness (QED) is 0.555. The van der Waals surface area contributed by atoms with E-state index in [1.165, 1.54) is 4.68 Å². The van der Waals surface area contributed by atoms with Crippen molar-refractivity contribution < 1.29 is 9.53 Å². The molecule has 8 heteroatoms. The topological polar surface area (TPSA) is 67.7 Å². The minimum absolute atomic E-state index is 0.0695. The molecule has 1 aromatic heterocycles. The van der Waals surface area contributed by atoms with Crippen LogP contribution in [0, 0.1) is 0 Å². The lowest BCUT2D eigenvalue weighted by Crippen LogP contribution is -2.49. The third-order valence-corrected chi connectivity index (χ3v) is 5.86. The normalized spacial score (nSPS) is 13.9. The van der Waals surface area contributed by atoms with E-state index in [0.717, 1.165) is 11.3 Å². The Morgan fingerprint density at radius 3 is 2.48 bits per heavy atom. The third-order valence-electron chi connectivity index (χ3n) is 5.50. The molecule has 33 heavy (non-hydrogen) atoms. The van der Waals surface area contributed by atoms with Gasteiger partial charge in [-0.1, -0.05) is 41.9 Å². The molecule has 0 bridgehead atoms. The fourth-order valence-electron chi connectivity index (χ4n) is 3.88. The van der Waals surface area contributed by atoms with E-state index in [0.29, 0.717) is 44.0 Å². The molecule has 1 aliphatic rings. The first-order valence-corrected chi connectivity index (χ1v) is 11.4. The van der Waals surface area contributed by atoms with Crippen LogP contribution in [0.2, 0.25) is 5.02 Å². The van der Waals surface area contributed by atoms with E-state index < -0.39 is 0 Å². The monoisotopic (exact) mass is 466 g/mol. The molecule has 0 saturated carbocycles. The lowest BCUT2D eigenvalue weighted by molar-refractivity contribution is -0.130. The highest BCUT2D eigenvalue weighted by Crippen LogP contribution is 2.23. The van der Waals surface area contributed by atoms with E-state index in [1.807, 2.05) is 66.1 Å². The SMILES string of the molecule is CC(C)Oc1cccc(CC(=O)N2CCN(c3cnn(-c4ccccc4)c(=O)c3Cl)CC2)c1. The number of hydrogen-bond acceptors (Lipinski definition) is 5. The number of piperazine rings is 1. The van der Waals surface area contributed by atoms with Gasteiger partial charge in [-0.3, -0.25) is 9.59 Å². The maximum Gasteiger partial charge on any atom is 0.292 e. The molecule has 7 nitrogen and oxygen atoms in total. The Balaban J connectivity index is 1.39. The van der Waals surface area contributed by atoms with Crippen LogP contribution in [0.5, 0.6) is 5.75 Å². The molecule has 1 fully saturated rings. The highest BCUT2D eigenvalue weighted by Gasteiger charge is 2.24. The molecular formula is C25H27ClN4O3. The van der Waals surface area contributed by atoms with Crippen LogP contribution in [-0.4, -0.2) is 52.9 Å². The van der Waals surface area contributed by atoms with Crippen molar-refractivity contribution in [3.63, 3.8) is 0 Å². The van der Waals surface area contributed by atoms with Gasteiger partial charge in [-0.05, 0) is 43.7 Å². The second-order valence-electron chi connectivity index (χ2n) is 8.25. The number of carbonyl (C=O) groups is 1. The largest absolute Gasteiger partial charge is 0.491 e. The maximum absolute atomic E-state index is 12.8. The summed E-state index contributed by atoms with van der Waals surface area (Å²) in [5.74, 6) is 0.840. The molecule has 0 atom stereocenters. The Hall–Kier alpha value is -3.32. The van der Waals surface area contributed by atoms with Crippen molar-refractivity contribution in [3.05, 3.63) is 81.7 Å². The number of amides is 1. The summed E-state index contributed by atoms with van der Waals surface area (Å²) >= 11 is 6.43. The number of halogens is 1. The Labute approximate surface area is 198 Å². The summed E-state index contributed by atoms with van der Waals surface area (Å²) in [5, 5.41) is 4.44. The average molecular weight is 467 g/mol. The van der Waals surface area contributed by atoms with Gasteiger partial charge >= 0.3 is 0 Å². The molecule has 172 valence electrons. The summed E-state index contributed by atoms with van der Waals surface area (Å²) in [6, 6.07) is 16.8. The van der Waals surface area contributed by atoms with Gasteiger partial charge in [-0.2, -0.15) is 9.78 Å². The molecule has 1 amide bonds. The van der Waals surface area contributed by atoms with Gasteiger partial charge in [-0.25, -0.2) is 0 Å². The van der Waals surface area contributed by atoms with Crippen molar-refractivity contribution >= 4 is 23.2 Å². The van der Waals surface area contributed by atoms with Gasteiger partial charge in [0.05, 0.1) is 30.1 Å². The molecule has 4 rings (SSSR count). The summed E-state index contributed by atoms with van der Waals surface area (Å²) in [5.41, 5.74) is 1.83. The molecule has 0 unspecified atom stereocenters. The summed E-state index contributed by atoms with van der Waals surface area (Å²) in [6.45, 7) is 6.22. The van der Waals surface area contributed by atoms with Crippen LogP contribution in [0.3, 0.4) is 0 Å². The van der Waals surface area contributed by atoms with Crippen molar-refractivity contribution in [1.82, 2.24) is 14.7 Å². The molecule has 0 aliphatic carbocycles. The number of ether oxygens (including phenoxy) is 1. The van der Waals surface area contributed by atoms with Crippen molar-refractivity contribution in [3.8, 4) is 11.4 Å². The zero-order valence-electron chi connectivity index (χ0n) is 18.8. The fourth-order valence-corrected chi connectivity index (χ4v) is 4.13. The predicted molar refractivity (Wildman–Crippen MR) is 130 cm³/mol. The Morgan fingerprint density at radius 1 is 1.06 bits per heavy atom. The summed E-state index contributed by atoms with van der Waals surface area (Å²) in [7, 11) is 0. The van der Waals surface area contributed by atoms with Crippen molar-refractivity contribution in [1.29, 1.82) is 0 Å². The van der Waals surface area contributed by atoms with E-state index in [4.69, 9.17) is 16.3 Å². The number of carbonyl (C=O) groups excluding carboxylic acids is 1. The first-order valence-electron chi connectivity index (χ1n) is 11.0. The maximum atomic E-state index is 12.8. The van der Waals surface area contributed by atoms with Crippen LogP contribution in [0.25, 0.3) is 5.69 Å². The second kappa shape index (κ2) is 10.1. The number of aromatic nitrogens is 2. The molecule has 1 saturated heterocycles. The standard InChI is InChI=1S/C25H27ClN4O3/c1-18(2)33-21-10-6-7-19(15-21)16-23(31)29-13-11-28(12-14-29)22-17-27-30(25(32)24(22)26)20-8-4-3-5-9-20/h3-10,15,17-18H,11-14,16H2,1-2H3. The molecule has 2 heterocycles. The number of hydrogen-bond donors (Lipinski definition) is 0. The molecule has 1 aliphatic heterocycles. The van der Waals surface area contributed by atoms with E-state index in [9.17, 15) is 9.59 Å². The number of benzene rings is 2. The van der Waals surface area contributed by atoms with Gasteiger partial charge in [0.1, 0.15) is 10.8 Å². The number of anilines is 1. The molecule has 0 radical (unpaired) electrons. The number of nitrogens with zero attached hydrogens (tertiary/aromatic N) is 4. The van der Waals surface area contributed by atoms with Crippen LogP contribution >= 0.6 is 11.6 Å². The van der Waals surface area contributed by atoms with Crippen LogP contribution in [0.4, 0.5) is 5.69 Å². The highest BCUT2D eigenvalue weighted by molar-refractivity contribution is 6.33. The molecule has 2 aromatic carbocycles. The smallest absolute Gasteiger partial charge is 0.292 e. The van der Waals surface area contributed by atoms with Crippen molar-refractivity contribution in [2.24, 2.45) is 0 Å². The van der Waals surface area contributed by atoms with Gasteiger partial charge < -0.3 is 14.5 Å². The van der Waals surface area contributed by atoms with Gasteiger partial charge in [-0.15, -0.1) is 0 Å². The Bertz CT molecular complexity index is 1170. The minimum atomic E-state index is -0.359. The summed E-state index contributed by atoms with van der Waals surface area (Å²) in [4.78, 5) is 29.5. The fraction of sp³-hybridized carbons (Fsp3) is 0.320. The zero-order valence-corrected chi connectivity index (χ0v) is 19.5. The van der Waals surface area contributed by atoms with Crippen LogP contribution in [-0.2, 0) is 11.2 Å². The predicted octanol–water partition coefficient (Wildman–Crippen LogP) is 3.56. The highest BCUT2D eigenvalue weighted by atomic mass is 35.5. The van der Waals surface area contributed by atoms with Crippen LogP contribution < -0.4 is 15.2 Å². The van der Waals surface area contributed by atoms with Crippen molar-refractivity contribution in [2.75, 3.05) is 31.1 Å². The molecule has 3 aromatic rings. The van der Waals surface area contributed by atoms with Crippen LogP contribution in [0.1, 0.15) is 19.4 Å². The lowest BCUT2D eigenvalue weighted by atomic mass is 10.1. The van der Waals surface area contributed by atoms with Gasteiger partial charge in [0, 0.05) is 26.2 Å². The molecule has 0 N–H and O–H groups in total. The van der Waals surface area contributed by atoms with Gasteiger partial charge in [0.25, 0.3) is 5.56 Å². The first kappa shape index (κ1) is 22.9. The van der Waals surface area contributed by atoms with Gasteiger partial charge in [0.2, 0.25) is 5.91 Å². The molecule has 0 spiro atoms. The third kappa shape index (κ3) is 5.37. The van der Waals surface area contributed by atoms with Crippen LogP contribution in [0.15, 0.2) is 65.6 Å². The van der Waals surface area contributed by atoms with Crippen molar-refractivity contribution in [2.45, 2.75) is 26.4 Å². The van der Waals surface area contributed by atoms with E-state index in [2.05, 4.69) is 5.10 Å². The first-order chi connectivity index (χ1) is 15.9. The number of para-hydroxylation sites is 1. The Morgan fingerprint density at radius 2 is 1.79 bits per heavy atom. The van der Waals surface area contributed by atoms with E-state index in [1.54, 1.807) is 18.3 Å². The summed E-state index contributed by atoms with van der Waals surface area (Å²) in [6.07, 6.45) is 2.03. The second-order valence-corrected chi connectivity index (χ2v) is 8.63. The van der Waals surface area contributed by atoms with E-state index in [-0.39, 0.29) is 22.6 Å². The number of rotatable bonds is 6. The lowest BCUT2D eigenvalue weighted by Gasteiger charge is -2.36. The zero-order chi connectivity index (χ0) is 23.4.